The smallest absolute Gasteiger partial charge is 0.317 e. The highest BCUT2D eigenvalue weighted by Gasteiger charge is 2.30. The van der Waals surface area contributed by atoms with Gasteiger partial charge in [0.1, 0.15) is 0 Å². The van der Waals surface area contributed by atoms with Crippen LogP contribution in [-0.4, -0.2) is 56.4 Å². The van der Waals surface area contributed by atoms with Crippen molar-refractivity contribution in [3.63, 3.8) is 0 Å². The predicted molar refractivity (Wildman–Crippen MR) is 99.1 cm³/mol. The van der Waals surface area contributed by atoms with E-state index in [2.05, 4.69) is 19.2 Å². The monoisotopic (exact) mass is 367 g/mol. The van der Waals surface area contributed by atoms with E-state index >= 15 is 0 Å². The Morgan fingerprint density at radius 1 is 1.04 bits per heavy atom. The van der Waals surface area contributed by atoms with Crippen LogP contribution in [0.5, 0.6) is 0 Å². The summed E-state index contributed by atoms with van der Waals surface area (Å²) in [5.41, 5.74) is 1.12. The van der Waals surface area contributed by atoms with Gasteiger partial charge in [-0.2, -0.15) is 4.31 Å². The van der Waals surface area contributed by atoms with Crippen LogP contribution in [0.3, 0.4) is 0 Å². The minimum absolute atomic E-state index is 0.118. The van der Waals surface area contributed by atoms with E-state index in [4.69, 9.17) is 0 Å². The zero-order chi connectivity index (χ0) is 18.6. The largest absolute Gasteiger partial charge is 0.338 e. The van der Waals surface area contributed by atoms with Crippen molar-refractivity contribution in [1.29, 1.82) is 0 Å². The summed E-state index contributed by atoms with van der Waals surface area (Å²) in [6.07, 6.45) is 0. The summed E-state index contributed by atoms with van der Waals surface area (Å²) in [5, 5.41) is 2.87. The highest BCUT2D eigenvalue weighted by molar-refractivity contribution is 7.89. The van der Waals surface area contributed by atoms with Crippen molar-refractivity contribution in [2.24, 2.45) is 5.92 Å². The molecule has 1 fully saturated rings. The number of rotatable bonds is 5. The molecule has 2 amide bonds. The first kappa shape index (κ1) is 19.7. The second-order valence-corrected chi connectivity index (χ2v) is 9.13. The molecule has 0 atom stereocenters. The summed E-state index contributed by atoms with van der Waals surface area (Å²) < 4.78 is 27.0. The molecular formula is C18H29N3O3S. The van der Waals surface area contributed by atoms with E-state index in [-0.39, 0.29) is 6.03 Å². The number of nitrogens with one attached hydrogen (secondary N) is 1. The first-order chi connectivity index (χ1) is 11.7. The van der Waals surface area contributed by atoms with Crippen LogP contribution in [0, 0.1) is 5.92 Å². The van der Waals surface area contributed by atoms with Gasteiger partial charge in [0.25, 0.3) is 0 Å². The van der Waals surface area contributed by atoms with Crippen molar-refractivity contribution in [3.05, 3.63) is 29.8 Å². The average Bonchev–Trinajstić information content (AvgIpc) is 2.59. The molecule has 1 saturated heterocycles. The van der Waals surface area contributed by atoms with Gasteiger partial charge in [0.15, 0.2) is 0 Å². The summed E-state index contributed by atoms with van der Waals surface area (Å²) in [6, 6.07) is 6.96. The zero-order valence-corrected chi connectivity index (χ0v) is 16.3. The Balaban J connectivity index is 1.98. The molecule has 140 valence electrons. The van der Waals surface area contributed by atoms with Crippen LogP contribution in [0.2, 0.25) is 0 Å². The van der Waals surface area contributed by atoms with E-state index < -0.39 is 10.0 Å². The van der Waals surface area contributed by atoms with E-state index in [1.165, 1.54) is 4.31 Å². The maximum atomic E-state index is 12.8. The van der Waals surface area contributed by atoms with Crippen LogP contribution in [0.15, 0.2) is 29.2 Å². The number of urea groups is 1. The second kappa shape index (κ2) is 8.19. The van der Waals surface area contributed by atoms with Crippen LogP contribution in [0.25, 0.3) is 0 Å². The van der Waals surface area contributed by atoms with Crippen molar-refractivity contribution < 1.29 is 13.2 Å². The topological polar surface area (TPSA) is 69.7 Å². The molecule has 6 nitrogen and oxygen atoms in total. The molecule has 1 heterocycles. The molecule has 7 heteroatoms. The van der Waals surface area contributed by atoms with Crippen molar-refractivity contribution in [1.82, 2.24) is 14.5 Å². The fourth-order valence-corrected chi connectivity index (χ4v) is 4.13. The summed E-state index contributed by atoms with van der Waals surface area (Å²) in [4.78, 5) is 14.1. The molecule has 0 saturated carbocycles. The zero-order valence-electron chi connectivity index (χ0n) is 15.5. The van der Waals surface area contributed by atoms with Gasteiger partial charge < -0.3 is 10.2 Å². The van der Waals surface area contributed by atoms with Gasteiger partial charge in [0.05, 0.1) is 4.90 Å². The summed E-state index contributed by atoms with van der Waals surface area (Å²) >= 11 is 0. The number of nitrogens with zero attached hydrogens (tertiary/aromatic N) is 2. The van der Waals surface area contributed by atoms with Crippen LogP contribution >= 0.6 is 0 Å². The Bertz CT molecular complexity index is 676. The number of sulfonamides is 1. The van der Waals surface area contributed by atoms with Gasteiger partial charge >= 0.3 is 6.03 Å². The standard InChI is InChI=1S/C18H29N3O3S/c1-14(2)13-19-18(22)20-9-11-21(12-10-20)25(23,24)17-7-5-16(6-8-17)15(3)4/h5-8,14-15H,9-13H2,1-4H3,(H,19,22). The van der Waals surface area contributed by atoms with E-state index in [0.29, 0.717) is 49.5 Å². The Kier molecular flexibility index (Phi) is 6.46. The third kappa shape index (κ3) is 4.95. The molecule has 2 rings (SSSR count). The Morgan fingerprint density at radius 3 is 2.08 bits per heavy atom. The highest BCUT2D eigenvalue weighted by atomic mass is 32.2. The summed E-state index contributed by atoms with van der Waals surface area (Å²) in [7, 11) is -3.50. The predicted octanol–water partition coefficient (Wildman–Crippen LogP) is 2.48. The minimum atomic E-state index is -3.50. The Labute approximate surface area is 151 Å². The van der Waals surface area contributed by atoms with E-state index in [9.17, 15) is 13.2 Å². The molecule has 0 aromatic heterocycles. The molecular weight excluding hydrogens is 338 g/mol. The average molecular weight is 368 g/mol. The lowest BCUT2D eigenvalue weighted by Gasteiger charge is -2.34. The van der Waals surface area contributed by atoms with Crippen molar-refractivity contribution >= 4 is 16.1 Å². The fraction of sp³-hybridized carbons (Fsp3) is 0.611. The van der Waals surface area contributed by atoms with Crippen molar-refractivity contribution in [3.8, 4) is 0 Å². The first-order valence-corrected chi connectivity index (χ1v) is 10.3. The quantitative estimate of drug-likeness (QED) is 0.869. The summed E-state index contributed by atoms with van der Waals surface area (Å²) in [5.74, 6) is 0.754. The minimum Gasteiger partial charge on any atom is -0.338 e. The maximum absolute atomic E-state index is 12.8. The number of piperazine rings is 1. The van der Waals surface area contributed by atoms with E-state index in [0.717, 1.165) is 5.56 Å². The van der Waals surface area contributed by atoms with Gasteiger partial charge in [-0.15, -0.1) is 0 Å². The van der Waals surface area contributed by atoms with Crippen molar-refractivity contribution in [2.45, 2.75) is 38.5 Å². The third-order valence-electron chi connectivity index (χ3n) is 4.37. The second-order valence-electron chi connectivity index (χ2n) is 7.19. The molecule has 1 N–H and O–H groups in total. The van der Waals surface area contributed by atoms with Gasteiger partial charge in [0.2, 0.25) is 10.0 Å². The molecule has 0 radical (unpaired) electrons. The molecule has 1 aliphatic heterocycles. The number of carbonyl (C=O) groups is 1. The maximum Gasteiger partial charge on any atom is 0.317 e. The van der Waals surface area contributed by atoms with Crippen LogP contribution < -0.4 is 5.32 Å². The van der Waals surface area contributed by atoms with Gasteiger partial charge in [-0.05, 0) is 29.5 Å². The van der Waals surface area contributed by atoms with Crippen LogP contribution in [-0.2, 0) is 10.0 Å². The Hall–Kier alpha value is -1.60. The molecule has 0 aliphatic carbocycles. The third-order valence-corrected chi connectivity index (χ3v) is 6.28. The number of hydrogen-bond donors (Lipinski definition) is 1. The van der Waals surface area contributed by atoms with Gasteiger partial charge in [-0.3, -0.25) is 0 Å². The highest BCUT2D eigenvalue weighted by Crippen LogP contribution is 2.21. The molecule has 1 aliphatic rings. The fourth-order valence-electron chi connectivity index (χ4n) is 2.71. The van der Waals surface area contributed by atoms with Crippen molar-refractivity contribution in [2.75, 3.05) is 32.7 Å². The Morgan fingerprint density at radius 2 is 1.60 bits per heavy atom. The van der Waals surface area contributed by atoms with E-state index in [1.807, 2.05) is 26.0 Å². The first-order valence-electron chi connectivity index (χ1n) is 8.84. The van der Waals surface area contributed by atoms with Crippen LogP contribution in [0.4, 0.5) is 4.79 Å². The molecule has 25 heavy (non-hydrogen) atoms. The lowest BCUT2D eigenvalue weighted by Crippen LogP contribution is -2.53. The molecule has 1 aromatic rings. The number of hydrogen-bond acceptors (Lipinski definition) is 3. The van der Waals surface area contributed by atoms with Gasteiger partial charge in [-0.25, -0.2) is 13.2 Å². The number of carbonyl (C=O) groups excluding carboxylic acids is 1. The van der Waals surface area contributed by atoms with E-state index in [1.54, 1.807) is 17.0 Å². The number of benzene rings is 1. The number of amides is 2. The molecule has 1 aromatic carbocycles. The van der Waals surface area contributed by atoms with Gasteiger partial charge in [-0.1, -0.05) is 39.8 Å². The molecule has 0 spiro atoms. The van der Waals surface area contributed by atoms with Crippen LogP contribution in [0.1, 0.15) is 39.2 Å². The summed E-state index contributed by atoms with van der Waals surface area (Å²) in [6.45, 7) is 10.3. The SMILES string of the molecule is CC(C)CNC(=O)N1CCN(S(=O)(=O)c2ccc(C(C)C)cc2)CC1. The molecule has 0 bridgehead atoms. The molecule has 0 unspecified atom stereocenters. The van der Waals surface area contributed by atoms with Gasteiger partial charge in [0, 0.05) is 32.7 Å². The lowest BCUT2D eigenvalue weighted by atomic mass is 10.0. The normalized spacial score (nSPS) is 16.5. The lowest BCUT2D eigenvalue weighted by molar-refractivity contribution is 0.171.